The van der Waals surface area contributed by atoms with E-state index < -0.39 is 6.10 Å². The molecule has 20 heavy (non-hydrogen) atoms. The summed E-state index contributed by atoms with van der Waals surface area (Å²) in [7, 11) is 2.08. The fourth-order valence-electron chi connectivity index (χ4n) is 2.18. The summed E-state index contributed by atoms with van der Waals surface area (Å²) in [6, 6.07) is 8.38. The summed E-state index contributed by atoms with van der Waals surface area (Å²) in [6.07, 6.45) is 0.771. The van der Waals surface area contributed by atoms with Crippen molar-refractivity contribution in [3.63, 3.8) is 0 Å². The molecular weight excluding hydrogens is 246 g/mol. The lowest BCUT2D eigenvalue weighted by Crippen LogP contribution is -2.26. The van der Waals surface area contributed by atoms with E-state index in [4.69, 9.17) is 0 Å². The minimum Gasteiger partial charge on any atom is -0.387 e. The molecule has 2 heteroatoms. The highest BCUT2D eigenvalue weighted by molar-refractivity contribution is 5.28. The van der Waals surface area contributed by atoms with Crippen molar-refractivity contribution in [3.05, 3.63) is 35.4 Å². The second-order valence-corrected chi connectivity index (χ2v) is 7.33. The molecular formula is C18H31NO. The van der Waals surface area contributed by atoms with Crippen LogP contribution in [-0.2, 0) is 5.41 Å². The van der Waals surface area contributed by atoms with Crippen molar-refractivity contribution in [2.24, 2.45) is 5.92 Å². The van der Waals surface area contributed by atoms with Gasteiger partial charge in [-0.2, -0.15) is 0 Å². The molecule has 114 valence electrons. The summed E-state index contributed by atoms with van der Waals surface area (Å²) >= 11 is 0. The average Bonchev–Trinajstić information content (AvgIpc) is 2.35. The first-order chi connectivity index (χ1) is 9.20. The summed E-state index contributed by atoms with van der Waals surface area (Å²) in [5.41, 5.74) is 2.48. The van der Waals surface area contributed by atoms with Crippen LogP contribution in [0.5, 0.6) is 0 Å². The van der Waals surface area contributed by atoms with Crippen LogP contribution in [0.4, 0.5) is 0 Å². The molecule has 0 amide bonds. The number of hydrogen-bond acceptors (Lipinski definition) is 2. The van der Waals surface area contributed by atoms with Crippen molar-refractivity contribution in [2.45, 2.75) is 52.6 Å². The van der Waals surface area contributed by atoms with Gasteiger partial charge in [-0.05, 0) is 42.5 Å². The molecule has 1 aromatic rings. The normalized spacial score (nSPS) is 14.1. The number of hydrogen-bond donors (Lipinski definition) is 1. The van der Waals surface area contributed by atoms with Gasteiger partial charge in [0.2, 0.25) is 0 Å². The van der Waals surface area contributed by atoms with Crippen LogP contribution in [0.15, 0.2) is 24.3 Å². The maximum Gasteiger partial charge on any atom is 0.0916 e. The molecule has 0 aromatic heterocycles. The van der Waals surface area contributed by atoms with Gasteiger partial charge < -0.3 is 10.0 Å². The first kappa shape index (κ1) is 17.2. The Balaban J connectivity index is 2.57. The summed E-state index contributed by atoms with van der Waals surface area (Å²) in [6.45, 7) is 12.8. The van der Waals surface area contributed by atoms with Crippen LogP contribution in [0.1, 0.15) is 58.3 Å². The van der Waals surface area contributed by atoms with Gasteiger partial charge in [0.05, 0.1) is 6.10 Å². The molecule has 1 rings (SSSR count). The number of likely N-dealkylation sites (N-methyl/N-ethyl adjacent to an activating group) is 1. The molecule has 0 bridgehead atoms. The van der Waals surface area contributed by atoms with Gasteiger partial charge in [-0.3, -0.25) is 0 Å². The van der Waals surface area contributed by atoms with Crippen LogP contribution >= 0.6 is 0 Å². The van der Waals surface area contributed by atoms with Crippen LogP contribution in [0.2, 0.25) is 0 Å². The molecule has 1 aromatic carbocycles. The van der Waals surface area contributed by atoms with Gasteiger partial charge in [0.15, 0.2) is 0 Å². The average molecular weight is 277 g/mol. The Hall–Kier alpha value is -0.860. The third-order valence-corrected chi connectivity index (χ3v) is 3.73. The number of rotatable bonds is 6. The van der Waals surface area contributed by atoms with E-state index in [1.165, 1.54) is 12.0 Å². The lowest BCUT2D eigenvalue weighted by molar-refractivity contribution is 0.124. The molecule has 0 aliphatic heterocycles. The van der Waals surface area contributed by atoms with Gasteiger partial charge in [0.1, 0.15) is 0 Å². The van der Waals surface area contributed by atoms with Crippen LogP contribution in [-0.4, -0.2) is 30.1 Å². The first-order valence-electron chi connectivity index (χ1n) is 7.67. The topological polar surface area (TPSA) is 23.5 Å². The van der Waals surface area contributed by atoms with Crippen molar-refractivity contribution in [1.29, 1.82) is 0 Å². The molecule has 0 aliphatic rings. The lowest BCUT2D eigenvalue weighted by atomic mass is 9.86. The molecule has 1 unspecified atom stereocenters. The Morgan fingerprint density at radius 2 is 1.65 bits per heavy atom. The van der Waals surface area contributed by atoms with E-state index in [0.29, 0.717) is 12.5 Å². The molecule has 1 N–H and O–H groups in total. The minimum absolute atomic E-state index is 0.164. The molecule has 2 nitrogen and oxygen atoms in total. The predicted octanol–water partition coefficient (Wildman–Crippen LogP) is 4.00. The molecule has 0 saturated heterocycles. The van der Waals surface area contributed by atoms with Gasteiger partial charge in [0.25, 0.3) is 0 Å². The predicted molar refractivity (Wildman–Crippen MR) is 87.1 cm³/mol. The second kappa shape index (κ2) is 7.24. The summed E-state index contributed by atoms with van der Waals surface area (Å²) in [5, 5.41) is 10.3. The quantitative estimate of drug-likeness (QED) is 0.849. The number of aliphatic hydroxyl groups is 1. The Kier molecular flexibility index (Phi) is 6.22. The number of aliphatic hydroxyl groups excluding tert-OH is 1. The first-order valence-corrected chi connectivity index (χ1v) is 7.67. The smallest absolute Gasteiger partial charge is 0.0916 e. The highest BCUT2D eigenvalue weighted by atomic mass is 16.3. The molecule has 0 radical (unpaired) electrons. The fraction of sp³-hybridized carbons (Fsp3) is 0.667. The molecule has 0 spiro atoms. The van der Waals surface area contributed by atoms with E-state index in [9.17, 15) is 5.11 Å². The number of benzene rings is 1. The highest BCUT2D eigenvalue weighted by Gasteiger charge is 2.15. The zero-order valence-electron chi connectivity index (χ0n) is 14.0. The van der Waals surface area contributed by atoms with Gasteiger partial charge in [-0.15, -0.1) is 0 Å². The molecule has 0 aliphatic carbocycles. The van der Waals surface area contributed by atoms with Gasteiger partial charge >= 0.3 is 0 Å². The fourth-order valence-corrected chi connectivity index (χ4v) is 2.18. The monoisotopic (exact) mass is 277 g/mol. The van der Waals surface area contributed by atoms with Crippen molar-refractivity contribution < 1.29 is 5.11 Å². The van der Waals surface area contributed by atoms with Crippen molar-refractivity contribution in [2.75, 3.05) is 20.1 Å². The van der Waals surface area contributed by atoms with Crippen molar-refractivity contribution in [3.8, 4) is 0 Å². The SMILES string of the molecule is CC(C)CCN(C)CC(O)c1ccc(C(C)(C)C)cc1. The van der Waals surface area contributed by atoms with Gasteiger partial charge in [-0.25, -0.2) is 0 Å². The van der Waals surface area contributed by atoms with E-state index in [2.05, 4.69) is 70.8 Å². The summed E-state index contributed by atoms with van der Waals surface area (Å²) < 4.78 is 0. The standard InChI is InChI=1S/C18H31NO/c1-14(2)11-12-19(6)13-17(20)15-7-9-16(10-8-15)18(3,4)5/h7-10,14,17,20H,11-13H2,1-6H3. The van der Waals surface area contributed by atoms with E-state index in [1.54, 1.807) is 0 Å². The molecule has 1 atom stereocenters. The van der Waals surface area contributed by atoms with Crippen molar-refractivity contribution >= 4 is 0 Å². The highest BCUT2D eigenvalue weighted by Crippen LogP contribution is 2.24. The zero-order chi connectivity index (χ0) is 15.3. The van der Waals surface area contributed by atoms with E-state index in [0.717, 1.165) is 12.1 Å². The van der Waals surface area contributed by atoms with Crippen LogP contribution in [0, 0.1) is 5.92 Å². The summed E-state index contributed by atoms with van der Waals surface area (Å²) in [5.74, 6) is 0.709. The second-order valence-electron chi connectivity index (χ2n) is 7.33. The third kappa shape index (κ3) is 5.64. The Morgan fingerprint density at radius 3 is 2.10 bits per heavy atom. The van der Waals surface area contributed by atoms with E-state index >= 15 is 0 Å². The third-order valence-electron chi connectivity index (χ3n) is 3.73. The number of nitrogens with zero attached hydrogens (tertiary/aromatic N) is 1. The molecule has 0 saturated carbocycles. The largest absolute Gasteiger partial charge is 0.387 e. The lowest BCUT2D eigenvalue weighted by Gasteiger charge is -2.23. The maximum atomic E-state index is 10.3. The van der Waals surface area contributed by atoms with Gasteiger partial charge in [0, 0.05) is 6.54 Å². The van der Waals surface area contributed by atoms with Crippen molar-refractivity contribution in [1.82, 2.24) is 4.90 Å². The summed E-state index contributed by atoms with van der Waals surface area (Å²) in [4.78, 5) is 2.21. The minimum atomic E-state index is -0.402. The Labute approximate surface area is 124 Å². The Bertz CT molecular complexity index is 389. The zero-order valence-corrected chi connectivity index (χ0v) is 14.0. The van der Waals surface area contributed by atoms with Gasteiger partial charge in [-0.1, -0.05) is 58.9 Å². The van der Waals surface area contributed by atoms with E-state index in [-0.39, 0.29) is 5.41 Å². The van der Waals surface area contributed by atoms with E-state index in [1.807, 2.05) is 0 Å². The molecule has 0 fully saturated rings. The van der Waals surface area contributed by atoms with Crippen LogP contribution in [0.3, 0.4) is 0 Å². The van der Waals surface area contributed by atoms with Crippen LogP contribution < -0.4 is 0 Å². The maximum absolute atomic E-state index is 10.3. The molecule has 0 heterocycles. The Morgan fingerprint density at radius 1 is 1.10 bits per heavy atom. The van der Waals surface area contributed by atoms with Crippen LogP contribution in [0.25, 0.3) is 0 Å².